The van der Waals surface area contributed by atoms with Gasteiger partial charge in [-0.2, -0.15) is 0 Å². The highest BCUT2D eigenvalue weighted by Crippen LogP contribution is 2.28. The van der Waals surface area contributed by atoms with Gasteiger partial charge in [-0.3, -0.25) is 15.0 Å². The zero-order valence-corrected chi connectivity index (χ0v) is 17.4. The van der Waals surface area contributed by atoms with Gasteiger partial charge in [0.2, 0.25) is 11.8 Å². The van der Waals surface area contributed by atoms with Gasteiger partial charge in [0.05, 0.1) is 12.2 Å². The maximum absolute atomic E-state index is 12.5. The molecule has 1 unspecified atom stereocenters. The number of anilines is 1. The van der Waals surface area contributed by atoms with Gasteiger partial charge in [0.25, 0.3) is 0 Å². The van der Waals surface area contributed by atoms with Gasteiger partial charge in [-0.25, -0.2) is 0 Å². The van der Waals surface area contributed by atoms with Crippen LogP contribution >= 0.6 is 24.0 Å². The predicted molar refractivity (Wildman–Crippen MR) is 110 cm³/mol. The van der Waals surface area contributed by atoms with Crippen LogP contribution in [0.2, 0.25) is 5.02 Å². The maximum Gasteiger partial charge on any atom is 0.240 e. The van der Waals surface area contributed by atoms with Crippen molar-refractivity contribution in [3.8, 4) is 0 Å². The molecule has 2 aromatic rings. The van der Waals surface area contributed by atoms with Crippen molar-refractivity contribution in [1.82, 2.24) is 15.4 Å². The number of halogens is 2. The van der Waals surface area contributed by atoms with Gasteiger partial charge in [-0.05, 0) is 11.6 Å². The van der Waals surface area contributed by atoms with Gasteiger partial charge in [-0.15, -0.1) is 12.4 Å². The number of amides is 1. The van der Waals surface area contributed by atoms with Gasteiger partial charge >= 0.3 is 0 Å². The minimum absolute atomic E-state index is 0. The van der Waals surface area contributed by atoms with Gasteiger partial charge < -0.3 is 9.84 Å². The summed E-state index contributed by atoms with van der Waals surface area (Å²) < 4.78 is 5.25. The quantitative estimate of drug-likeness (QED) is 0.801. The summed E-state index contributed by atoms with van der Waals surface area (Å²) in [4.78, 5) is 14.6. The van der Waals surface area contributed by atoms with Crippen LogP contribution in [-0.4, -0.2) is 42.1 Å². The molecule has 1 fully saturated rings. The highest BCUT2D eigenvalue weighted by Gasteiger charge is 2.27. The molecule has 1 aromatic carbocycles. The Bertz CT molecular complexity index is 773. The summed E-state index contributed by atoms with van der Waals surface area (Å²) >= 11 is 6.36. The first-order valence-electron chi connectivity index (χ1n) is 8.81. The van der Waals surface area contributed by atoms with Gasteiger partial charge in [0, 0.05) is 42.2 Å². The van der Waals surface area contributed by atoms with Crippen LogP contribution in [0.15, 0.2) is 34.9 Å². The van der Waals surface area contributed by atoms with Crippen LogP contribution in [0.3, 0.4) is 0 Å². The fourth-order valence-corrected chi connectivity index (χ4v) is 3.30. The number of carbonyl (C=O) groups excluding carboxylic acids is 1. The van der Waals surface area contributed by atoms with E-state index < -0.39 is 0 Å². The average Bonchev–Trinajstić information content (AvgIpc) is 3.05. The first-order chi connectivity index (χ1) is 12.3. The standard InChI is InChI=1S/C19H25ClN4O2.ClH/c1-19(2,3)16-10-18(26-23-16)22-17(25)12-24-9-8-21-11-15(24)13-6-4-5-7-14(13)20;/h4-7,10,15,21H,8-9,11-12H2,1-3H3,(H,22,25);1H. The van der Waals surface area contributed by atoms with Crippen LogP contribution in [0.25, 0.3) is 0 Å². The number of hydrogen-bond donors (Lipinski definition) is 2. The summed E-state index contributed by atoms with van der Waals surface area (Å²) in [6, 6.07) is 9.61. The number of rotatable bonds is 4. The Morgan fingerprint density at radius 2 is 2.15 bits per heavy atom. The fourth-order valence-electron chi connectivity index (χ4n) is 3.04. The molecule has 1 amide bonds. The maximum atomic E-state index is 12.5. The SMILES string of the molecule is CC(C)(C)c1cc(NC(=O)CN2CCNCC2c2ccccc2Cl)on1.Cl. The van der Waals surface area contributed by atoms with E-state index in [2.05, 4.69) is 20.7 Å². The van der Waals surface area contributed by atoms with E-state index in [9.17, 15) is 4.79 Å². The highest BCUT2D eigenvalue weighted by molar-refractivity contribution is 6.31. The summed E-state index contributed by atoms with van der Waals surface area (Å²) in [5.41, 5.74) is 1.72. The normalized spacial score (nSPS) is 18.0. The smallest absolute Gasteiger partial charge is 0.240 e. The van der Waals surface area contributed by atoms with E-state index in [-0.39, 0.29) is 36.3 Å². The number of aromatic nitrogens is 1. The summed E-state index contributed by atoms with van der Waals surface area (Å²) in [5.74, 6) is 0.255. The molecule has 0 radical (unpaired) electrons. The molecule has 1 atom stereocenters. The lowest BCUT2D eigenvalue weighted by Crippen LogP contribution is -2.48. The van der Waals surface area contributed by atoms with E-state index in [0.29, 0.717) is 5.88 Å². The molecule has 0 aliphatic carbocycles. The van der Waals surface area contributed by atoms with Crippen molar-refractivity contribution < 1.29 is 9.32 Å². The third-order valence-electron chi connectivity index (χ3n) is 4.51. The van der Waals surface area contributed by atoms with E-state index in [1.165, 1.54) is 0 Å². The zero-order valence-electron chi connectivity index (χ0n) is 15.8. The molecule has 1 saturated heterocycles. The third-order valence-corrected chi connectivity index (χ3v) is 4.85. The Morgan fingerprint density at radius 3 is 2.81 bits per heavy atom. The molecule has 3 rings (SSSR count). The van der Waals surface area contributed by atoms with Crippen LogP contribution in [-0.2, 0) is 10.2 Å². The van der Waals surface area contributed by atoms with Crippen LogP contribution in [0, 0.1) is 0 Å². The molecular weight excluding hydrogens is 387 g/mol. The molecule has 6 nitrogen and oxygen atoms in total. The van der Waals surface area contributed by atoms with Gasteiger partial charge in [0.1, 0.15) is 0 Å². The average molecular weight is 413 g/mol. The minimum atomic E-state index is -0.125. The van der Waals surface area contributed by atoms with Crippen LogP contribution < -0.4 is 10.6 Å². The molecule has 148 valence electrons. The summed E-state index contributed by atoms with van der Waals surface area (Å²) in [6.07, 6.45) is 0. The van der Waals surface area contributed by atoms with Crippen molar-refractivity contribution >= 4 is 35.8 Å². The number of carbonyl (C=O) groups is 1. The second kappa shape index (κ2) is 9.06. The van der Waals surface area contributed by atoms with Crippen LogP contribution in [0.1, 0.15) is 38.1 Å². The van der Waals surface area contributed by atoms with E-state index in [4.69, 9.17) is 16.1 Å². The first kappa shape index (κ1) is 21.7. The molecule has 2 N–H and O–H groups in total. The molecule has 8 heteroatoms. The predicted octanol–water partition coefficient (Wildman–Crippen LogP) is 3.63. The highest BCUT2D eigenvalue weighted by atomic mass is 35.5. The Hall–Kier alpha value is -1.60. The molecule has 2 heterocycles. The van der Waals surface area contributed by atoms with Gasteiger partial charge in [-0.1, -0.05) is 55.7 Å². The van der Waals surface area contributed by atoms with Crippen LogP contribution in [0.5, 0.6) is 0 Å². The zero-order chi connectivity index (χ0) is 18.7. The monoisotopic (exact) mass is 412 g/mol. The lowest BCUT2D eigenvalue weighted by Gasteiger charge is -2.36. The molecule has 1 aliphatic heterocycles. The summed E-state index contributed by atoms with van der Waals surface area (Å²) in [7, 11) is 0. The minimum Gasteiger partial charge on any atom is -0.338 e. The first-order valence-corrected chi connectivity index (χ1v) is 9.18. The summed E-state index contributed by atoms with van der Waals surface area (Å²) in [6.45, 7) is 8.77. The molecule has 1 aromatic heterocycles. The Labute approximate surface area is 171 Å². The Balaban J connectivity index is 0.00000261. The fraction of sp³-hybridized carbons (Fsp3) is 0.474. The molecule has 0 spiro atoms. The lowest BCUT2D eigenvalue weighted by molar-refractivity contribution is -0.118. The Morgan fingerprint density at radius 1 is 1.41 bits per heavy atom. The van der Waals surface area contributed by atoms with Gasteiger partial charge in [0.15, 0.2) is 0 Å². The molecule has 27 heavy (non-hydrogen) atoms. The molecular formula is C19H26Cl2N4O2. The number of nitrogens with one attached hydrogen (secondary N) is 2. The third kappa shape index (κ3) is 5.45. The topological polar surface area (TPSA) is 70.4 Å². The van der Waals surface area contributed by atoms with Crippen molar-refractivity contribution in [2.75, 3.05) is 31.5 Å². The summed E-state index contributed by atoms with van der Waals surface area (Å²) in [5, 5.41) is 10.9. The van der Waals surface area contributed by atoms with Crippen molar-refractivity contribution in [1.29, 1.82) is 0 Å². The second-order valence-corrected chi connectivity index (χ2v) is 7.99. The van der Waals surface area contributed by atoms with E-state index in [1.54, 1.807) is 6.07 Å². The second-order valence-electron chi connectivity index (χ2n) is 7.59. The molecule has 0 bridgehead atoms. The van der Waals surface area contributed by atoms with Crippen molar-refractivity contribution in [3.63, 3.8) is 0 Å². The van der Waals surface area contributed by atoms with Crippen LogP contribution in [0.4, 0.5) is 5.88 Å². The van der Waals surface area contributed by atoms with E-state index >= 15 is 0 Å². The molecule has 0 saturated carbocycles. The number of nitrogens with zero attached hydrogens (tertiary/aromatic N) is 2. The van der Waals surface area contributed by atoms with Crippen molar-refractivity contribution in [2.24, 2.45) is 0 Å². The van der Waals surface area contributed by atoms with Crippen molar-refractivity contribution in [3.05, 3.63) is 46.6 Å². The largest absolute Gasteiger partial charge is 0.338 e. The number of benzene rings is 1. The van der Waals surface area contributed by atoms with Crippen molar-refractivity contribution in [2.45, 2.75) is 32.2 Å². The molecule has 1 aliphatic rings. The van der Waals surface area contributed by atoms with E-state index in [0.717, 1.165) is 35.9 Å². The lowest BCUT2D eigenvalue weighted by atomic mass is 9.92. The Kier molecular flexibility index (Phi) is 7.28. The number of piperazine rings is 1. The number of hydrogen-bond acceptors (Lipinski definition) is 5. The van der Waals surface area contributed by atoms with E-state index in [1.807, 2.05) is 45.0 Å².